The Labute approximate surface area is 236 Å². The second-order valence-corrected chi connectivity index (χ2v) is 10.4. The number of likely N-dealkylation sites (N-methyl/N-ethyl adjacent to an activating group) is 3. The summed E-state index contributed by atoms with van der Waals surface area (Å²) >= 11 is 1.57. The molecule has 0 bridgehead atoms. The van der Waals surface area contributed by atoms with Gasteiger partial charge in [0.1, 0.15) is 0 Å². The van der Waals surface area contributed by atoms with Crippen molar-refractivity contribution in [3.8, 4) is 0 Å². The first-order valence-electron chi connectivity index (χ1n) is 13.5. The Bertz CT molecular complexity index is 550. The minimum absolute atomic E-state index is 0.354. The summed E-state index contributed by atoms with van der Waals surface area (Å²) in [6.07, 6.45) is 5.81. The SMILES string of the molecule is C=CCN(CC)CC.C=CCN(CC)CC.C=CCN(CC)CC.CC1=C(C)C(C)(C)[C]([Zr])=C1C. The van der Waals surface area contributed by atoms with Crippen molar-refractivity contribution < 1.29 is 24.7 Å². The van der Waals surface area contributed by atoms with Crippen LogP contribution in [0.4, 0.5) is 0 Å². The van der Waals surface area contributed by atoms with Gasteiger partial charge in [0.25, 0.3) is 0 Å². The van der Waals surface area contributed by atoms with Crippen LogP contribution in [-0.2, 0) is 24.7 Å². The van der Waals surface area contributed by atoms with Gasteiger partial charge in [0.15, 0.2) is 0 Å². The van der Waals surface area contributed by atoms with Crippen LogP contribution in [0.2, 0.25) is 0 Å². The van der Waals surface area contributed by atoms with E-state index < -0.39 is 0 Å². The number of hydrogen-bond acceptors (Lipinski definition) is 3. The summed E-state index contributed by atoms with van der Waals surface area (Å²) in [7, 11) is 0. The summed E-state index contributed by atoms with van der Waals surface area (Å²) in [4.78, 5) is 6.94. The van der Waals surface area contributed by atoms with Gasteiger partial charge in [-0.1, -0.05) is 59.8 Å². The zero-order valence-corrected chi connectivity index (χ0v) is 28.0. The van der Waals surface area contributed by atoms with Crippen LogP contribution in [0, 0.1) is 5.41 Å². The fourth-order valence-corrected chi connectivity index (χ4v) is 4.51. The van der Waals surface area contributed by atoms with Gasteiger partial charge in [-0.3, -0.25) is 0 Å². The Balaban J connectivity index is -0.000000396. The maximum absolute atomic E-state index is 3.65. The Morgan fingerprint density at radius 3 is 0.914 bits per heavy atom. The predicted molar refractivity (Wildman–Crippen MR) is 159 cm³/mol. The van der Waals surface area contributed by atoms with Crippen LogP contribution < -0.4 is 0 Å². The molecule has 0 N–H and O–H groups in total. The van der Waals surface area contributed by atoms with Crippen LogP contribution >= 0.6 is 0 Å². The molecule has 203 valence electrons. The molecule has 0 fully saturated rings. The zero-order chi connectivity index (χ0) is 28.0. The molecular weight excluding hydrogens is 506 g/mol. The van der Waals surface area contributed by atoms with Gasteiger partial charge in [-0.05, 0) is 39.3 Å². The van der Waals surface area contributed by atoms with Crippen molar-refractivity contribution in [3.63, 3.8) is 0 Å². The van der Waals surface area contributed by atoms with Crippen molar-refractivity contribution in [2.24, 2.45) is 5.41 Å². The Morgan fingerprint density at radius 2 is 0.857 bits per heavy atom. The number of hydrogen-bond donors (Lipinski definition) is 0. The molecule has 0 atom stereocenters. The normalized spacial score (nSPS) is 14.1. The van der Waals surface area contributed by atoms with Crippen LogP contribution in [0.3, 0.4) is 0 Å². The monoisotopic (exact) mass is 564 g/mol. The van der Waals surface area contributed by atoms with E-state index in [-0.39, 0.29) is 0 Å². The molecule has 4 heteroatoms. The fourth-order valence-electron chi connectivity index (χ4n) is 3.59. The Hall–Kier alpha value is -0.537. The molecule has 3 nitrogen and oxygen atoms in total. The first-order chi connectivity index (χ1) is 16.4. The topological polar surface area (TPSA) is 9.72 Å². The third kappa shape index (κ3) is 16.8. The van der Waals surface area contributed by atoms with Gasteiger partial charge in [0, 0.05) is 19.6 Å². The van der Waals surface area contributed by atoms with Crippen LogP contribution in [0.15, 0.2) is 58.0 Å². The molecule has 1 aliphatic rings. The average Bonchev–Trinajstić information content (AvgIpc) is 3.00. The molecule has 1 rings (SSSR count). The van der Waals surface area contributed by atoms with Gasteiger partial charge in [-0.15, -0.1) is 19.7 Å². The van der Waals surface area contributed by atoms with Crippen molar-refractivity contribution in [1.82, 2.24) is 14.7 Å². The molecule has 0 spiro atoms. The Kier molecular flexibility index (Phi) is 26.6. The third-order valence-electron chi connectivity index (χ3n) is 6.91. The molecule has 0 aromatic heterocycles. The van der Waals surface area contributed by atoms with Gasteiger partial charge in [-0.25, -0.2) is 0 Å². The van der Waals surface area contributed by atoms with E-state index in [1.165, 1.54) is 11.1 Å². The van der Waals surface area contributed by atoms with E-state index in [1.54, 1.807) is 33.6 Å². The molecule has 1 aliphatic carbocycles. The van der Waals surface area contributed by atoms with Crippen molar-refractivity contribution in [3.05, 3.63) is 58.0 Å². The molecule has 0 unspecified atom stereocenters. The number of allylic oxidation sites excluding steroid dienone is 4. The van der Waals surface area contributed by atoms with Gasteiger partial charge in [-0.2, -0.15) is 0 Å². The third-order valence-corrected chi connectivity index (χ3v) is 9.37. The van der Waals surface area contributed by atoms with Crippen molar-refractivity contribution in [2.45, 2.75) is 76.2 Å². The van der Waals surface area contributed by atoms with E-state index in [2.05, 4.69) is 111 Å². The van der Waals surface area contributed by atoms with E-state index in [9.17, 15) is 0 Å². The van der Waals surface area contributed by atoms with Crippen molar-refractivity contribution >= 4 is 0 Å². The summed E-state index contributed by atoms with van der Waals surface area (Å²) in [6, 6.07) is 0. The van der Waals surface area contributed by atoms with Crippen molar-refractivity contribution in [2.75, 3.05) is 58.9 Å². The van der Waals surface area contributed by atoms with Gasteiger partial charge < -0.3 is 14.7 Å². The van der Waals surface area contributed by atoms with E-state index in [0.717, 1.165) is 58.9 Å². The van der Waals surface area contributed by atoms with Gasteiger partial charge in [0.05, 0.1) is 0 Å². The number of nitrogens with zero attached hydrogens (tertiary/aromatic N) is 3. The second kappa shape index (κ2) is 23.8. The molecule has 0 aliphatic heterocycles. The summed E-state index contributed by atoms with van der Waals surface area (Å²) in [6.45, 7) is 45.1. The van der Waals surface area contributed by atoms with E-state index in [4.69, 9.17) is 0 Å². The van der Waals surface area contributed by atoms with E-state index in [1.807, 2.05) is 18.2 Å². The van der Waals surface area contributed by atoms with E-state index in [0.29, 0.717) is 5.41 Å². The molecule has 35 heavy (non-hydrogen) atoms. The summed E-state index contributed by atoms with van der Waals surface area (Å²) in [5.74, 6) is 0. The van der Waals surface area contributed by atoms with Crippen molar-refractivity contribution in [1.29, 1.82) is 0 Å². The van der Waals surface area contributed by atoms with E-state index >= 15 is 0 Å². The summed E-state index contributed by atoms with van der Waals surface area (Å²) < 4.78 is 1.62. The second-order valence-electron chi connectivity index (χ2n) is 9.20. The quantitative estimate of drug-likeness (QED) is 0.224. The van der Waals surface area contributed by atoms with Crippen LogP contribution in [0.5, 0.6) is 0 Å². The molecular formula is C31H60N3Zr. The molecule has 0 heterocycles. The first-order valence-corrected chi connectivity index (χ1v) is 14.8. The molecule has 0 aromatic rings. The minimum atomic E-state index is 0.354. The first kappa shape index (κ1) is 39.0. The summed E-state index contributed by atoms with van der Waals surface area (Å²) in [5.41, 5.74) is 4.96. The predicted octanol–water partition coefficient (Wildman–Crippen LogP) is 7.73. The molecule has 0 radical (unpaired) electrons. The standard InChI is InChI=1S/C10H15.3C7H15N.Zr/c1-7-6-10(4,5)9(3)8(7)2;3*1-4-7-8(5-2)6-3;/h1-5H3;3*4H,1,5-7H2,2-3H3;. The average molecular weight is 566 g/mol. The molecule has 0 aromatic carbocycles. The zero-order valence-electron chi connectivity index (χ0n) is 25.6. The van der Waals surface area contributed by atoms with Gasteiger partial charge >= 0.3 is 84.8 Å². The molecule has 0 saturated heterocycles. The number of rotatable bonds is 12. The molecule has 0 saturated carbocycles. The maximum atomic E-state index is 3.65. The summed E-state index contributed by atoms with van der Waals surface area (Å²) in [5, 5.41) is 0. The van der Waals surface area contributed by atoms with Crippen LogP contribution in [-0.4, -0.2) is 73.6 Å². The van der Waals surface area contributed by atoms with Crippen LogP contribution in [0.25, 0.3) is 0 Å². The van der Waals surface area contributed by atoms with Gasteiger partial charge in [0.2, 0.25) is 0 Å². The fraction of sp³-hybridized carbons (Fsp3) is 0.677. The Morgan fingerprint density at radius 1 is 0.600 bits per heavy atom. The molecule has 0 amide bonds. The van der Waals surface area contributed by atoms with Crippen LogP contribution in [0.1, 0.15) is 76.2 Å².